The lowest BCUT2D eigenvalue weighted by atomic mass is 9.88. The zero-order chi connectivity index (χ0) is 12.2. The molecule has 5 heteroatoms. The number of amidine groups is 1. The van der Waals surface area contributed by atoms with Gasteiger partial charge in [0.2, 0.25) is 0 Å². The maximum atomic E-state index is 8.68. The van der Waals surface area contributed by atoms with Gasteiger partial charge in [-0.25, -0.2) is 0 Å². The molecule has 0 aromatic heterocycles. The van der Waals surface area contributed by atoms with Crippen LogP contribution in [0.2, 0.25) is 0 Å². The smallest absolute Gasteiger partial charge is 0.144 e. The highest BCUT2D eigenvalue weighted by Gasteiger charge is 2.26. The molecule has 1 atom stereocenters. The van der Waals surface area contributed by atoms with Gasteiger partial charge in [0, 0.05) is 18.1 Å². The summed E-state index contributed by atoms with van der Waals surface area (Å²) >= 11 is 0. The molecule has 0 spiro atoms. The zero-order valence-corrected chi connectivity index (χ0v) is 10.4. The Kier molecular flexibility index (Phi) is 4.56. The number of hydrogen-bond donors (Lipinski definition) is 2. The van der Waals surface area contributed by atoms with E-state index in [9.17, 15) is 0 Å². The molecule has 1 unspecified atom stereocenters. The molecule has 1 rings (SSSR count). The molecule has 1 fully saturated rings. The highest BCUT2D eigenvalue weighted by molar-refractivity contribution is 5.85. The van der Waals surface area contributed by atoms with E-state index in [0.717, 1.165) is 32.6 Å². The molecule has 0 aromatic carbocycles. The van der Waals surface area contributed by atoms with Crippen molar-refractivity contribution in [2.75, 3.05) is 26.8 Å². The summed E-state index contributed by atoms with van der Waals surface area (Å²) in [5.41, 5.74) is 5.39. The van der Waals surface area contributed by atoms with Crippen LogP contribution in [0.5, 0.6) is 0 Å². The molecule has 1 aliphatic heterocycles. The molecule has 5 nitrogen and oxygen atoms in total. The van der Waals surface area contributed by atoms with Gasteiger partial charge in [0.1, 0.15) is 5.84 Å². The van der Waals surface area contributed by atoms with Crippen LogP contribution in [0.1, 0.15) is 26.7 Å². The Morgan fingerprint density at radius 2 is 2.31 bits per heavy atom. The molecule has 0 bridgehead atoms. The summed E-state index contributed by atoms with van der Waals surface area (Å²) in [5.74, 6) is 0.295. The highest BCUT2D eigenvalue weighted by Crippen LogP contribution is 2.22. The van der Waals surface area contributed by atoms with Crippen molar-refractivity contribution in [3.05, 3.63) is 0 Å². The predicted octanol–water partition coefficient (Wildman–Crippen LogP) is 0.870. The standard InChI is InChI=1S/C11H23N3O2/c1-11(2,10(12)13-15)5-6-14(3)9-4-7-16-8-9/h9,15H,4-8H2,1-3H3,(H2,12,13). The number of nitrogens with zero attached hydrogens (tertiary/aromatic N) is 2. The molecule has 0 amide bonds. The summed E-state index contributed by atoms with van der Waals surface area (Å²) in [6.07, 6.45) is 1.97. The molecular weight excluding hydrogens is 206 g/mol. The first-order valence-electron chi connectivity index (χ1n) is 5.73. The van der Waals surface area contributed by atoms with Crippen LogP contribution in [0.4, 0.5) is 0 Å². The third-order valence-corrected chi connectivity index (χ3v) is 3.42. The van der Waals surface area contributed by atoms with E-state index >= 15 is 0 Å². The molecule has 0 saturated carbocycles. The Morgan fingerprint density at radius 3 is 2.81 bits per heavy atom. The van der Waals surface area contributed by atoms with E-state index in [2.05, 4.69) is 17.1 Å². The Balaban J connectivity index is 2.38. The number of ether oxygens (including phenoxy) is 1. The fourth-order valence-electron chi connectivity index (χ4n) is 1.77. The second-order valence-electron chi connectivity index (χ2n) is 5.12. The molecule has 3 N–H and O–H groups in total. The lowest BCUT2D eigenvalue weighted by Crippen LogP contribution is -2.38. The van der Waals surface area contributed by atoms with Crippen molar-refractivity contribution in [1.29, 1.82) is 0 Å². The first-order valence-corrected chi connectivity index (χ1v) is 5.73. The van der Waals surface area contributed by atoms with Gasteiger partial charge in [0.15, 0.2) is 0 Å². The molecule has 0 aromatic rings. The highest BCUT2D eigenvalue weighted by atomic mass is 16.5. The molecule has 1 heterocycles. The van der Waals surface area contributed by atoms with Crippen LogP contribution in [0.15, 0.2) is 5.16 Å². The molecule has 1 saturated heterocycles. The lowest BCUT2D eigenvalue weighted by Gasteiger charge is -2.28. The quantitative estimate of drug-likeness (QED) is 0.317. The van der Waals surface area contributed by atoms with Crippen molar-refractivity contribution in [3.8, 4) is 0 Å². The van der Waals surface area contributed by atoms with Gasteiger partial charge in [-0.2, -0.15) is 0 Å². The van der Waals surface area contributed by atoms with Crippen LogP contribution in [-0.2, 0) is 4.74 Å². The van der Waals surface area contributed by atoms with Gasteiger partial charge < -0.3 is 20.6 Å². The van der Waals surface area contributed by atoms with Crippen LogP contribution in [0, 0.1) is 5.41 Å². The minimum absolute atomic E-state index is 0.261. The second-order valence-corrected chi connectivity index (χ2v) is 5.12. The van der Waals surface area contributed by atoms with Gasteiger partial charge in [-0.05, 0) is 26.4 Å². The average molecular weight is 229 g/mol. The van der Waals surface area contributed by atoms with E-state index in [4.69, 9.17) is 15.7 Å². The van der Waals surface area contributed by atoms with Crippen LogP contribution >= 0.6 is 0 Å². The number of nitrogens with two attached hydrogens (primary N) is 1. The van der Waals surface area contributed by atoms with Crippen molar-refractivity contribution in [2.45, 2.75) is 32.7 Å². The monoisotopic (exact) mass is 229 g/mol. The summed E-state index contributed by atoms with van der Waals surface area (Å²) in [6.45, 7) is 6.58. The molecule has 16 heavy (non-hydrogen) atoms. The number of hydrogen-bond acceptors (Lipinski definition) is 4. The zero-order valence-electron chi connectivity index (χ0n) is 10.4. The first kappa shape index (κ1) is 13.3. The van der Waals surface area contributed by atoms with E-state index in [1.54, 1.807) is 0 Å². The summed E-state index contributed by atoms with van der Waals surface area (Å²) in [7, 11) is 2.10. The minimum atomic E-state index is -0.261. The minimum Gasteiger partial charge on any atom is -0.409 e. The molecule has 0 aliphatic carbocycles. The van der Waals surface area contributed by atoms with Crippen molar-refractivity contribution in [3.63, 3.8) is 0 Å². The lowest BCUT2D eigenvalue weighted by molar-refractivity contribution is 0.154. The number of rotatable bonds is 5. The van der Waals surface area contributed by atoms with E-state index in [1.807, 2.05) is 13.8 Å². The molecule has 94 valence electrons. The van der Waals surface area contributed by atoms with Gasteiger partial charge >= 0.3 is 0 Å². The summed E-state index contributed by atoms with van der Waals surface area (Å²) < 4.78 is 5.35. The van der Waals surface area contributed by atoms with Gasteiger partial charge in [-0.15, -0.1) is 0 Å². The molecule has 0 radical (unpaired) electrons. The SMILES string of the molecule is CN(CCC(C)(C)C(N)=NO)C1CCOC1. The third-order valence-electron chi connectivity index (χ3n) is 3.42. The Morgan fingerprint density at radius 1 is 1.62 bits per heavy atom. The van der Waals surface area contributed by atoms with Crippen LogP contribution < -0.4 is 5.73 Å². The van der Waals surface area contributed by atoms with E-state index in [0.29, 0.717) is 11.9 Å². The van der Waals surface area contributed by atoms with E-state index < -0.39 is 0 Å². The fraction of sp³-hybridized carbons (Fsp3) is 0.909. The van der Waals surface area contributed by atoms with Crippen molar-refractivity contribution >= 4 is 5.84 Å². The Labute approximate surface area is 97.2 Å². The van der Waals surface area contributed by atoms with Gasteiger partial charge in [-0.3, -0.25) is 0 Å². The van der Waals surface area contributed by atoms with Crippen molar-refractivity contribution in [1.82, 2.24) is 4.90 Å². The number of likely N-dealkylation sites (N-methyl/N-ethyl adjacent to an activating group) is 1. The maximum absolute atomic E-state index is 8.68. The predicted molar refractivity (Wildman–Crippen MR) is 63.7 cm³/mol. The van der Waals surface area contributed by atoms with Crippen LogP contribution in [0.3, 0.4) is 0 Å². The van der Waals surface area contributed by atoms with Crippen molar-refractivity contribution in [2.24, 2.45) is 16.3 Å². The Bertz CT molecular complexity index is 248. The maximum Gasteiger partial charge on any atom is 0.144 e. The third kappa shape index (κ3) is 3.35. The topological polar surface area (TPSA) is 71.1 Å². The second kappa shape index (κ2) is 5.50. The summed E-state index contributed by atoms with van der Waals surface area (Å²) in [6, 6.07) is 0.517. The normalized spacial score (nSPS) is 23.0. The first-order chi connectivity index (χ1) is 7.47. The van der Waals surface area contributed by atoms with E-state index in [-0.39, 0.29) is 5.41 Å². The average Bonchev–Trinajstić information content (AvgIpc) is 2.78. The molecular formula is C11H23N3O2. The van der Waals surface area contributed by atoms with E-state index in [1.165, 1.54) is 0 Å². The summed E-state index contributed by atoms with van der Waals surface area (Å²) in [5, 5.41) is 11.8. The summed E-state index contributed by atoms with van der Waals surface area (Å²) in [4.78, 5) is 2.29. The Hall–Kier alpha value is -0.810. The van der Waals surface area contributed by atoms with Gasteiger partial charge in [0.05, 0.1) is 6.61 Å². The van der Waals surface area contributed by atoms with Crippen LogP contribution in [-0.4, -0.2) is 48.8 Å². The fourth-order valence-corrected chi connectivity index (χ4v) is 1.77. The number of oxime groups is 1. The molecule has 1 aliphatic rings. The van der Waals surface area contributed by atoms with Gasteiger partial charge in [0.25, 0.3) is 0 Å². The van der Waals surface area contributed by atoms with Crippen molar-refractivity contribution < 1.29 is 9.94 Å². The van der Waals surface area contributed by atoms with Gasteiger partial charge in [-0.1, -0.05) is 19.0 Å². The van der Waals surface area contributed by atoms with Crippen LogP contribution in [0.25, 0.3) is 0 Å². The largest absolute Gasteiger partial charge is 0.409 e.